The van der Waals surface area contributed by atoms with Crippen molar-refractivity contribution in [1.82, 2.24) is 44.3 Å². The third kappa shape index (κ3) is 6.28. The number of amides is 2. The van der Waals surface area contributed by atoms with Crippen molar-refractivity contribution in [2.24, 2.45) is 0 Å². The van der Waals surface area contributed by atoms with Crippen molar-refractivity contribution in [3.05, 3.63) is 70.9 Å². The highest BCUT2D eigenvalue weighted by Gasteiger charge is 2.35. The number of carbonyl (C=O) groups excluding carboxylic acids is 2. The van der Waals surface area contributed by atoms with Crippen LogP contribution in [0, 0.1) is 0 Å². The molecule has 256 valence electrons. The van der Waals surface area contributed by atoms with Crippen molar-refractivity contribution in [3.63, 3.8) is 0 Å². The van der Waals surface area contributed by atoms with Crippen LogP contribution >= 0.6 is 0 Å². The number of benzene rings is 2. The predicted molar refractivity (Wildman–Crippen MR) is 186 cm³/mol. The van der Waals surface area contributed by atoms with Crippen molar-refractivity contribution in [3.8, 4) is 0 Å². The van der Waals surface area contributed by atoms with Crippen molar-refractivity contribution < 1.29 is 14.3 Å². The van der Waals surface area contributed by atoms with E-state index in [9.17, 15) is 14.4 Å². The maximum absolute atomic E-state index is 14.1. The van der Waals surface area contributed by atoms with E-state index in [-0.39, 0.29) is 24.1 Å². The molecule has 8 rings (SSSR count). The standard InChI is InChI=1S/C36H43N9O4/c1-41-12-8-26(9-13-41)42-16-18-43(19-17-42)34(46)32(21-24-6-7-29-25(20-24)22-38-40-29)49-36(48)44-14-10-27(11-15-44)45-31-23-37-30-5-3-2-4-28(30)33(31)39-35(45)47/h2-7,20,22-23,26-27,32H,8-19,21H2,1H3,(H,38,40)(H,39,47)/t32-/m1/s1. The second-order valence-corrected chi connectivity index (χ2v) is 13.8. The summed E-state index contributed by atoms with van der Waals surface area (Å²) in [7, 11) is 2.17. The van der Waals surface area contributed by atoms with Crippen molar-refractivity contribution in [2.45, 2.75) is 50.3 Å². The normalized spacial score (nSPS) is 19.6. The number of pyridine rings is 1. The Kier molecular flexibility index (Phi) is 8.54. The van der Waals surface area contributed by atoms with Gasteiger partial charge in [0.2, 0.25) is 0 Å². The van der Waals surface area contributed by atoms with E-state index >= 15 is 0 Å². The molecule has 0 unspecified atom stereocenters. The molecule has 3 fully saturated rings. The van der Waals surface area contributed by atoms with Crippen molar-refractivity contribution in [2.75, 3.05) is 59.4 Å². The van der Waals surface area contributed by atoms with E-state index in [1.807, 2.05) is 47.4 Å². The number of aromatic amines is 2. The second-order valence-electron chi connectivity index (χ2n) is 13.8. The van der Waals surface area contributed by atoms with Crippen LogP contribution in [0.15, 0.2) is 59.7 Å². The number of nitrogens with one attached hydrogen (secondary N) is 2. The van der Waals surface area contributed by atoms with Gasteiger partial charge in [-0.05, 0) is 69.6 Å². The van der Waals surface area contributed by atoms with Crippen LogP contribution in [0.2, 0.25) is 0 Å². The molecule has 3 aromatic heterocycles. The number of fused-ring (bicyclic) bond motifs is 4. The van der Waals surface area contributed by atoms with Crippen LogP contribution in [0.5, 0.6) is 0 Å². The summed E-state index contributed by atoms with van der Waals surface area (Å²) in [5.74, 6) is -0.149. The van der Waals surface area contributed by atoms with Crippen molar-refractivity contribution in [1.29, 1.82) is 0 Å². The van der Waals surface area contributed by atoms with Crippen LogP contribution in [0.1, 0.15) is 37.3 Å². The maximum atomic E-state index is 14.1. The average Bonchev–Trinajstić information content (AvgIpc) is 3.75. The zero-order valence-electron chi connectivity index (χ0n) is 27.9. The first kappa shape index (κ1) is 31.5. The molecule has 2 N–H and O–H groups in total. The number of ether oxygens (including phenoxy) is 1. The Hall–Kier alpha value is -4.75. The van der Waals surface area contributed by atoms with E-state index in [0.29, 0.717) is 45.1 Å². The number of hydrogen-bond donors (Lipinski definition) is 2. The van der Waals surface area contributed by atoms with Gasteiger partial charge in [-0.15, -0.1) is 0 Å². The van der Waals surface area contributed by atoms with Gasteiger partial charge in [-0.2, -0.15) is 5.10 Å². The Balaban J connectivity index is 0.949. The fourth-order valence-corrected chi connectivity index (χ4v) is 7.97. The first-order chi connectivity index (χ1) is 23.9. The Labute approximate surface area is 283 Å². The molecule has 3 aliphatic heterocycles. The zero-order chi connectivity index (χ0) is 33.5. The number of carbonyl (C=O) groups is 2. The lowest BCUT2D eigenvalue weighted by molar-refractivity contribution is -0.143. The van der Waals surface area contributed by atoms with Crippen LogP contribution in [-0.2, 0) is 16.0 Å². The van der Waals surface area contributed by atoms with Crippen LogP contribution in [-0.4, -0.2) is 128 Å². The summed E-state index contributed by atoms with van der Waals surface area (Å²) in [5.41, 5.74) is 4.01. The van der Waals surface area contributed by atoms with Gasteiger partial charge in [0.25, 0.3) is 5.91 Å². The van der Waals surface area contributed by atoms with E-state index < -0.39 is 12.2 Å². The summed E-state index contributed by atoms with van der Waals surface area (Å²) in [6, 6.07) is 14.1. The lowest BCUT2D eigenvalue weighted by Crippen LogP contribution is -2.56. The summed E-state index contributed by atoms with van der Waals surface area (Å²) in [4.78, 5) is 56.9. The largest absolute Gasteiger partial charge is 0.436 e. The molecular weight excluding hydrogens is 622 g/mol. The summed E-state index contributed by atoms with van der Waals surface area (Å²) in [6.45, 7) is 5.94. The van der Waals surface area contributed by atoms with Crippen molar-refractivity contribution >= 4 is 44.8 Å². The molecular formula is C36H43N9O4. The average molecular weight is 666 g/mol. The molecule has 13 heteroatoms. The highest BCUT2D eigenvalue weighted by Crippen LogP contribution is 2.28. The van der Waals surface area contributed by atoms with Crippen LogP contribution in [0.3, 0.4) is 0 Å². The van der Waals surface area contributed by atoms with Crippen LogP contribution < -0.4 is 5.69 Å². The molecule has 2 amide bonds. The number of likely N-dealkylation sites (tertiary alicyclic amines) is 2. The third-order valence-electron chi connectivity index (χ3n) is 10.8. The highest BCUT2D eigenvalue weighted by molar-refractivity contribution is 6.01. The van der Waals surface area contributed by atoms with E-state index in [4.69, 9.17) is 4.74 Å². The molecule has 49 heavy (non-hydrogen) atoms. The van der Waals surface area contributed by atoms with Gasteiger partial charge in [-0.3, -0.25) is 24.3 Å². The monoisotopic (exact) mass is 665 g/mol. The van der Waals surface area contributed by atoms with Gasteiger partial charge < -0.3 is 24.4 Å². The molecule has 0 spiro atoms. The summed E-state index contributed by atoms with van der Waals surface area (Å²) in [5, 5.41) is 8.94. The quantitative estimate of drug-likeness (QED) is 0.282. The van der Waals surface area contributed by atoms with Gasteiger partial charge in [-0.25, -0.2) is 9.59 Å². The minimum atomic E-state index is -0.944. The summed E-state index contributed by atoms with van der Waals surface area (Å²) >= 11 is 0. The number of nitrogens with zero attached hydrogens (tertiary/aromatic N) is 7. The number of imidazole rings is 1. The third-order valence-corrected chi connectivity index (χ3v) is 10.8. The number of hydrogen-bond acceptors (Lipinski definition) is 8. The topological polar surface area (TPSA) is 136 Å². The zero-order valence-corrected chi connectivity index (χ0v) is 27.9. The molecule has 1 atom stereocenters. The molecule has 0 aliphatic carbocycles. The fourth-order valence-electron chi connectivity index (χ4n) is 7.97. The van der Waals surface area contributed by atoms with Gasteiger partial charge in [0, 0.05) is 68.5 Å². The lowest BCUT2D eigenvalue weighted by Gasteiger charge is -2.42. The highest BCUT2D eigenvalue weighted by atomic mass is 16.6. The minimum absolute atomic E-state index is 0.0896. The molecule has 3 saturated heterocycles. The minimum Gasteiger partial charge on any atom is -0.436 e. The second kappa shape index (κ2) is 13.3. The Morgan fingerprint density at radius 2 is 1.65 bits per heavy atom. The predicted octanol–water partition coefficient (Wildman–Crippen LogP) is 3.38. The number of rotatable bonds is 6. The van der Waals surface area contributed by atoms with Gasteiger partial charge in [0.1, 0.15) is 0 Å². The molecule has 2 aromatic carbocycles. The van der Waals surface area contributed by atoms with E-state index in [1.165, 1.54) is 0 Å². The van der Waals surface area contributed by atoms with Gasteiger partial charge in [0.15, 0.2) is 6.10 Å². The molecule has 0 radical (unpaired) electrons. The Bertz CT molecular complexity index is 2030. The summed E-state index contributed by atoms with van der Waals surface area (Å²) in [6.07, 6.45) is 5.83. The lowest BCUT2D eigenvalue weighted by atomic mass is 10.0. The summed E-state index contributed by atoms with van der Waals surface area (Å²) < 4.78 is 7.87. The molecule has 0 saturated carbocycles. The first-order valence-corrected chi connectivity index (χ1v) is 17.5. The molecule has 13 nitrogen and oxygen atoms in total. The number of piperazine rings is 1. The van der Waals surface area contributed by atoms with Gasteiger partial charge in [0.05, 0.1) is 34.5 Å². The number of para-hydroxylation sites is 1. The van der Waals surface area contributed by atoms with Crippen LogP contribution in [0.25, 0.3) is 32.8 Å². The Morgan fingerprint density at radius 1 is 0.898 bits per heavy atom. The number of H-pyrrole nitrogens is 2. The van der Waals surface area contributed by atoms with Crippen LogP contribution in [0.4, 0.5) is 4.79 Å². The fraction of sp³-hybridized carbons (Fsp3) is 0.472. The van der Waals surface area contributed by atoms with E-state index in [1.54, 1.807) is 21.9 Å². The smallest absolute Gasteiger partial charge is 0.410 e. The Morgan fingerprint density at radius 3 is 2.45 bits per heavy atom. The maximum Gasteiger partial charge on any atom is 0.410 e. The van der Waals surface area contributed by atoms with Gasteiger partial charge >= 0.3 is 11.8 Å². The number of aromatic nitrogens is 5. The first-order valence-electron chi connectivity index (χ1n) is 17.5. The van der Waals surface area contributed by atoms with E-state index in [2.05, 4.69) is 37.0 Å². The molecule has 5 aromatic rings. The van der Waals surface area contributed by atoms with Gasteiger partial charge in [-0.1, -0.05) is 24.3 Å². The number of piperidine rings is 2. The SMILES string of the molecule is CN1CCC(N2CCN(C(=O)[C@@H](Cc3ccc4[nH]ncc4c3)OC(=O)N3CCC(n4c(=O)[nH]c5c6ccccc6ncc54)CC3)CC2)CC1. The molecule has 6 heterocycles. The van der Waals surface area contributed by atoms with E-state index in [0.717, 1.165) is 77.4 Å². The molecule has 0 bridgehead atoms. The molecule has 3 aliphatic rings.